The Bertz CT molecular complexity index is 646. The Morgan fingerprint density at radius 1 is 1.04 bits per heavy atom. The van der Waals surface area contributed by atoms with E-state index < -0.39 is 0 Å². The van der Waals surface area contributed by atoms with Crippen LogP contribution in [0.2, 0.25) is 0 Å². The molecule has 7 heteroatoms. The molecule has 1 aliphatic heterocycles. The van der Waals surface area contributed by atoms with Crippen LogP contribution in [0.3, 0.4) is 0 Å². The minimum atomic E-state index is -0.152. The first-order chi connectivity index (χ1) is 12.7. The van der Waals surface area contributed by atoms with Crippen LogP contribution in [0.25, 0.3) is 0 Å². The van der Waals surface area contributed by atoms with Crippen molar-refractivity contribution in [3.05, 3.63) is 17.8 Å². The molecule has 1 aromatic heterocycles. The Morgan fingerprint density at radius 3 is 2.38 bits per heavy atom. The molecular weight excluding hydrogens is 330 g/mol. The maximum absolute atomic E-state index is 12.3. The zero-order chi connectivity index (χ0) is 17.9. The molecule has 3 aliphatic rings. The van der Waals surface area contributed by atoms with E-state index in [-0.39, 0.29) is 11.8 Å². The summed E-state index contributed by atoms with van der Waals surface area (Å²) in [6.07, 6.45) is 6.94. The molecule has 0 atom stereocenters. The quantitative estimate of drug-likeness (QED) is 0.834. The standard InChI is InChI=1S/C19H27N5O2/c25-18(20-9-8-14-4-5-14)16-6-7-17(22-21-16)23-10-12-24(13-11-23)19(26)15-2-1-3-15/h6-7,14-15H,1-5,8-13H2,(H,20,25). The van der Waals surface area contributed by atoms with Crippen molar-refractivity contribution in [1.29, 1.82) is 0 Å². The number of carbonyl (C=O) groups is 2. The summed E-state index contributed by atoms with van der Waals surface area (Å²) in [5, 5.41) is 11.2. The molecule has 1 N–H and O–H groups in total. The van der Waals surface area contributed by atoms with Crippen molar-refractivity contribution in [3.8, 4) is 0 Å². The van der Waals surface area contributed by atoms with Crippen molar-refractivity contribution in [2.45, 2.75) is 38.5 Å². The zero-order valence-electron chi connectivity index (χ0n) is 15.2. The van der Waals surface area contributed by atoms with Gasteiger partial charge in [0.25, 0.3) is 5.91 Å². The molecule has 7 nitrogen and oxygen atoms in total. The second kappa shape index (κ2) is 7.60. The molecular formula is C19H27N5O2. The molecule has 0 unspecified atom stereocenters. The van der Waals surface area contributed by atoms with Crippen molar-refractivity contribution in [2.75, 3.05) is 37.6 Å². The molecule has 2 saturated carbocycles. The van der Waals surface area contributed by atoms with Gasteiger partial charge in [-0.1, -0.05) is 19.3 Å². The first kappa shape index (κ1) is 17.2. The van der Waals surface area contributed by atoms with Gasteiger partial charge < -0.3 is 15.1 Å². The van der Waals surface area contributed by atoms with E-state index in [4.69, 9.17) is 0 Å². The minimum absolute atomic E-state index is 0.152. The highest BCUT2D eigenvalue weighted by Gasteiger charge is 2.31. The maximum atomic E-state index is 12.3. The summed E-state index contributed by atoms with van der Waals surface area (Å²) in [6.45, 7) is 3.71. The fourth-order valence-corrected chi connectivity index (χ4v) is 3.57. The molecule has 140 valence electrons. The first-order valence-corrected chi connectivity index (χ1v) is 9.86. The summed E-state index contributed by atoms with van der Waals surface area (Å²) in [7, 11) is 0. The molecule has 2 amide bonds. The third-order valence-electron chi connectivity index (χ3n) is 5.79. The van der Waals surface area contributed by atoms with Crippen molar-refractivity contribution in [2.24, 2.45) is 11.8 Å². The number of piperazine rings is 1. The van der Waals surface area contributed by atoms with Crippen LogP contribution < -0.4 is 10.2 Å². The van der Waals surface area contributed by atoms with E-state index in [9.17, 15) is 9.59 Å². The van der Waals surface area contributed by atoms with Gasteiger partial charge in [-0.3, -0.25) is 9.59 Å². The number of aromatic nitrogens is 2. The van der Waals surface area contributed by atoms with Gasteiger partial charge in [-0.05, 0) is 37.3 Å². The molecule has 1 aromatic rings. The van der Waals surface area contributed by atoms with Crippen LogP contribution in [0, 0.1) is 11.8 Å². The van der Waals surface area contributed by atoms with Gasteiger partial charge in [-0.2, -0.15) is 0 Å². The Labute approximate surface area is 154 Å². The summed E-state index contributed by atoms with van der Waals surface area (Å²) in [5.74, 6) is 2.01. The number of carbonyl (C=O) groups excluding carboxylic acids is 2. The highest BCUT2D eigenvalue weighted by molar-refractivity contribution is 5.92. The number of rotatable bonds is 6. The fourth-order valence-electron chi connectivity index (χ4n) is 3.57. The average Bonchev–Trinajstić information content (AvgIpc) is 3.45. The first-order valence-electron chi connectivity index (χ1n) is 9.86. The van der Waals surface area contributed by atoms with Gasteiger partial charge in [0.15, 0.2) is 11.5 Å². The lowest BCUT2D eigenvalue weighted by molar-refractivity contribution is -0.138. The average molecular weight is 357 g/mol. The van der Waals surface area contributed by atoms with Crippen LogP contribution in [0.1, 0.15) is 49.0 Å². The molecule has 1 saturated heterocycles. The third kappa shape index (κ3) is 3.97. The van der Waals surface area contributed by atoms with Crippen molar-refractivity contribution >= 4 is 17.6 Å². The number of hydrogen-bond donors (Lipinski definition) is 1. The fraction of sp³-hybridized carbons (Fsp3) is 0.684. The third-order valence-corrected chi connectivity index (χ3v) is 5.79. The largest absolute Gasteiger partial charge is 0.352 e. The summed E-state index contributed by atoms with van der Waals surface area (Å²) in [5.41, 5.74) is 0.364. The molecule has 2 aliphatic carbocycles. The van der Waals surface area contributed by atoms with E-state index in [1.807, 2.05) is 11.0 Å². The lowest BCUT2D eigenvalue weighted by Gasteiger charge is -2.38. The van der Waals surface area contributed by atoms with Crippen LogP contribution >= 0.6 is 0 Å². The predicted octanol–water partition coefficient (Wildman–Crippen LogP) is 1.46. The molecule has 0 bridgehead atoms. The molecule has 26 heavy (non-hydrogen) atoms. The van der Waals surface area contributed by atoms with Gasteiger partial charge in [0.05, 0.1) is 0 Å². The van der Waals surface area contributed by atoms with E-state index in [0.29, 0.717) is 18.1 Å². The van der Waals surface area contributed by atoms with E-state index >= 15 is 0 Å². The molecule has 0 radical (unpaired) electrons. The van der Waals surface area contributed by atoms with Gasteiger partial charge >= 0.3 is 0 Å². The summed E-state index contributed by atoms with van der Waals surface area (Å²) in [4.78, 5) is 28.5. The van der Waals surface area contributed by atoms with Crippen LogP contribution in [-0.4, -0.2) is 59.6 Å². The van der Waals surface area contributed by atoms with Gasteiger partial charge in [0, 0.05) is 38.6 Å². The lowest BCUT2D eigenvalue weighted by Crippen LogP contribution is -2.51. The second-order valence-electron chi connectivity index (χ2n) is 7.70. The zero-order valence-corrected chi connectivity index (χ0v) is 15.2. The second-order valence-corrected chi connectivity index (χ2v) is 7.70. The highest BCUT2D eigenvalue weighted by Crippen LogP contribution is 2.31. The normalized spacial score (nSPS) is 20.6. The van der Waals surface area contributed by atoms with E-state index in [1.54, 1.807) is 6.07 Å². The SMILES string of the molecule is O=C(NCCC1CC1)c1ccc(N2CCN(C(=O)C3CCC3)CC2)nn1. The maximum Gasteiger partial charge on any atom is 0.271 e. The molecule has 0 spiro atoms. The van der Waals surface area contributed by atoms with Crippen LogP contribution in [-0.2, 0) is 4.79 Å². The lowest BCUT2D eigenvalue weighted by atomic mass is 9.84. The highest BCUT2D eigenvalue weighted by atomic mass is 16.2. The van der Waals surface area contributed by atoms with Gasteiger partial charge in [-0.25, -0.2) is 0 Å². The Morgan fingerprint density at radius 2 is 1.81 bits per heavy atom. The van der Waals surface area contributed by atoms with Crippen LogP contribution in [0.5, 0.6) is 0 Å². The van der Waals surface area contributed by atoms with E-state index in [2.05, 4.69) is 20.4 Å². The van der Waals surface area contributed by atoms with Gasteiger partial charge in [0.2, 0.25) is 5.91 Å². The number of hydrogen-bond acceptors (Lipinski definition) is 5. The summed E-state index contributed by atoms with van der Waals surface area (Å²) < 4.78 is 0. The van der Waals surface area contributed by atoms with E-state index in [0.717, 1.165) is 57.2 Å². The molecule has 3 fully saturated rings. The minimum Gasteiger partial charge on any atom is -0.352 e. The topological polar surface area (TPSA) is 78.4 Å². The van der Waals surface area contributed by atoms with Crippen LogP contribution in [0.4, 0.5) is 5.82 Å². The number of anilines is 1. The number of amides is 2. The molecule has 2 heterocycles. The predicted molar refractivity (Wildman–Crippen MR) is 97.8 cm³/mol. The Hall–Kier alpha value is -2.18. The van der Waals surface area contributed by atoms with Gasteiger partial charge in [-0.15, -0.1) is 10.2 Å². The van der Waals surface area contributed by atoms with Crippen molar-refractivity contribution < 1.29 is 9.59 Å². The van der Waals surface area contributed by atoms with Gasteiger partial charge in [0.1, 0.15) is 0 Å². The Kier molecular flexibility index (Phi) is 5.04. The number of nitrogens with zero attached hydrogens (tertiary/aromatic N) is 4. The Balaban J connectivity index is 1.25. The van der Waals surface area contributed by atoms with Crippen molar-refractivity contribution in [1.82, 2.24) is 20.4 Å². The number of nitrogens with one attached hydrogen (secondary N) is 1. The summed E-state index contributed by atoms with van der Waals surface area (Å²) >= 11 is 0. The summed E-state index contributed by atoms with van der Waals surface area (Å²) in [6, 6.07) is 3.59. The van der Waals surface area contributed by atoms with E-state index in [1.165, 1.54) is 19.3 Å². The molecule has 4 rings (SSSR count). The smallest absolute Gasteiger partial charge is 0.271 e. The molecule has 0 aromatic carbocycles. The monoisotopic (exact) mass is 357 g/mol. The van der Waals surface area contributed by atoms with Crippen molar-refractivity contribution in [3.63, 3.8) is 0 Å². The van der Waals surface area contributed by atoms with Crippen LogP contribution in [0.15, 0.2) is 12.1 Å².